The lowest BCUT2D eigenvalue weighted by Crippen LogP contribution is -2.29. The first-order valence-electron chi connectivity index (χ1n) is 6.98. The highest BCUT2D eigenvalue weighted by molar-refractivity contribution is 9.10. The Morgan fingerprint density at radius 3 is 1.96 bits per heavy atom. The highest BCUT2D eigenvalue weighted by atomic mass is 79.9. The minimum absolute atomic E-state index is 0.562. The van der Waals surface area contributed by atoms with E-state index in [0.717, 1.165) is 15.2 Å². The Labute approximate surface area is 141 Å². The van der Waals surface area contributed by atoms with Gasteiger partial charge in [0.25, 0.3) is 0 Å². The van der Waals surface area contributed by atoms with Gasteiger partial charge in [-0.05, 0) is 47.2 Å². The summed E-state index contributed by atoms with van der Waals surface area (Å²) in [6.45, 7) is 0. The average molecular weight is 369 g/mol. The quantitative estimate of drug-likeness (QED) is 0.666. The largest absolute Gasteiger partial charge is 0.318 e. The molecule has 114 valence electrons. The Morgan fingerprint density at radius 1 is 0.696 bits per heavy atom. The molecule has 0 saturated heterocycles. The third kappa shape index (κ3) is 3.76. The molecule has 0 unspecified atom stereocenters. The molecular formula is C18H13BrN2O2. The zero-order valence-electron chi connectivity index (χ0n) is 12.0. The predicted molar refractivity (Wildman–Crippen MR) is 95.3 cm³/mol. The van der Waals surface area contributed by atoms with Gasteiger partial charge in [-0.25, -0.2) is 0 Å². The van der Waals surface area contributed by atoms with Crippen LogP contribution in [0, 0.1) is 0 Å². The molecule has 2 amide bonds. The number of hydrogen-bond donors (Lipinski definition) is 2. The van der Waals surface area contributed by atoms with Crippen LogP contribution in [-0.4, -0.2) is 11.8 Å². The molecule has 3 rings (SSSR count). The van der Waals surface area contributed by atoms with E-state index in [0.29, 0.717) is 11.4 Å². The maximum Gasteiger partial charge on any atom is 0.314 e. The summed E-state index contributed by atoms with van der Waals surface area (Å²) in [4.78, 5) is 23.9. The molecule has 0 aliphatic heterocycles. The van der Waals surface area contributed by atoms with Crippen molar-refractivity contribution >= 4 is 49.9 Å². The number of amides is 2. The van der Waals surface area contributed by atoms with Crippen molar-refractivity contribution in [2.45, 2.75) is 0 Å². The van der Waals surface area contributed by atoms with E-state index in [-0.39, 0.29) is 0 Å². The van der Waals surface area contributed by atoms with Gasteiger partial charge in [0.1, 0.15) is 0 Å². The number of carbonyl (C=O) groups is 2. The Morgan fingerprint density at radius 2 is 1.26 bits per heavy atom. The third-order valence-electron chi connectivity index (χ3n) is 3.32. The average Bonchev–Trinajstić information content (AvgIpc) is 2.56. The summed E-state index contributed by atoms with van der Waals surface area (Å²) in [6.07, 6.45) is 0. The number of rotatable bonds is 2. The fraction of sp³-hybridized carbons (Fsp3) is 0. The fourth-order valence-corrected chi connectivity index (χ4v) is 2.44. The van der Waals surface area contributed by atoms with Crippen molar-refractivity contribution in [1.29, 1.82) is 0 Å². The number of carbonyl (C=O) groups excluding carboxylic acids is 2. The molecule has 0 atom stereocenters. The third-order valence-corrected chi connectivity index (χ3v) is 3.84. The molecule has 5 heteroatoms. The van der Waals surface area contributed by atoms with E-state index >= 15 is 0 Å². The molecule has 0 aliphatic rings. The zero-order valence-corrected chi connectivity index (χ0v) is 13.6. The smallest absolute Gasteiger partial charge is 0.314 e. The van der Waals surface area contributed by atoms with Crippen molar-refractivity contribution in [3.63, 3.8) is 0 Å². The SMILES string of the molecule is O=C(Nc1ccc(Br)cc1)C(=O)Nc1ccc2ccccc2c1. The molecule has 0 radical (unpaired) electrons. The van der Waals surface area contributed by atoms with Gasteiger partial charge >= 0.3 is 11.8 Å². The highest BCUT2D eigenvalue weighted by Gasteiger charge is 2.14. The summed E-state index contributed by atoms with van der Waals surface area (Å²) >= 11 is 3.31. The number of halogens is 1. The maximum absolute atomic E-state index is 12.0. The van der Waals surface area contributed by atoms with Crippen molar-refractivity contribution in [3.05, 3.63) is 71.2 Å². The van der Waals surface area contributed by atoms with Crippen LogP contribution in [0.3, 0.4) is 0 Å². The molecule has 2 N–H and O–H groups in total. The first-order valence-corrected chi connectivity index (χ1v) is 7.78. The second kappa shape index (κ2) is 6.62. The molecular weight excluding hydrogens is 356 g/mol. The first-order chi connectivity index (χ1) is 11.1. The van der Waals surface area contributed by atoms with Crippen LogP contribution in [0.4, 0.5) is 11.4 Å². The van der Waals surface area contributed by atoms with E-state index in [2.05, 4.69) is 26.6 Å². The van der Waals surface area contributed by atoms with Gasteiger partial charge in [-0.1, -0.05) is 46.3 Å². The number of benzene rings is 3. The van der Waals surface area contributed by atoms with Crippen LogP contribution in [0.2, 0.25) is 0 Å². The molecule has 0 aromatic heterocycles. The Bertz CT molecular complexity index is 876. The van der Waals surface area contributed by atoms with E-state index in [1.165, 1.54) is 0 Å². The molecule has 4 nitrogen and oxygen atoms in total. The number of hydrogen-bond acceptors (Lipinski definition) is 2. The number of nitrogens with one attached hydrogen (secondary N) is 2. The molecule has 0 spiro atoms. The van der Waals surface area contributed by atoms with Crippen LogP contribution in [0.25, 0.3) is 10.8 Å². The lowest BCUT2D eigenvalue weighted by molar-refractivity contribution is -0.132. The topological polar surface area (TPSA) is 58.2 Å². The van der Waals surface area contributed by atoms with Gasteiger partial charge in [-0.3, -0.25) is 9.59 Å². The predicted octanol–water partition coefficient (Wildman–Crippen LogP) is 4.18. The second-order valence-corrected chi connectivity index (χ2v) is 5.89. The monoisotopic (exact) mass is 368 g/mol. The normalized spacial score (nSPS) is 10.3. The zero-order chi connectivity index (χ0) is 16.2. The van der Waals surface area contributed by atoms with E-state index in [9.17, 15) is 9.59 Å². The van der Waals surface area contributed by atoms with Gasteiger partial charge in [0, 0.05) is 15.8 Å². The molecule has 3 aromatic rings. The minimum atomic E-state index is -0.708. The van der Waals surface area contributed by atoms with Gasteiger partial charge in [0.15, 0.2) is 0 Å². The van der Waals surface area contributed by atoms with E-state index in [1.54, 1.807) is 30.3 Å². The van der Waals surface area contributed by atoms with Gasteiger partial charge in [-0.2, -0.15) is 0 Å². The first kappa shape index (κ1) is 15.2. The summed E-state index contributed by atoms with van der Waals surface area (Å²) in [5, 5.41) is 7.23. The van der Waals surface area contributed by atoms with Crippen LogP contribution >= 0.6 is 15.9 Å². The van der Waals surface area contributed by atoms with Crippen LogP contribution < -0.4 is 10.6 Å². The van der Waals surface area contributed by atoms with Gasteiger partial charge < -0.3 is 10.6 Å². The number of anilines is 2. The molecule has 0 saturated carbocycles. The van der Waals surface area contributed by atoms with Crippen LogP contribution in [0.1, 0.15) is 0 Å². The molecule has 23 heavy (non-hydrogen) atoms. The maximum atomic E-state index is 12.0. The van der Waals surface area contributed by atoms with Crippen molar-refractivity contribution in [2.75, 3.05) is 10.6 Å². The van der Waals surface area contributed by atoms with Crippen LogP contribution in [-0.2, 0) is 9.59 Å². The molecule has 0 aliphatic carbocycles. The van der Waals surface area contributed by atoms with E-state index < -0.39 is 11.8 Å². The van der Waals surface area contributed by atoms with E-state index in [4.69, 9.17) is 0 Å². The van der Waals surface area contributed by atoms with Crippen molar-refractivity contribution < 1.29 is 9.59 Å². The van der Waals surface area contributed by atoms with E-state index in [1.807, 2.05) is 36.4 Å². The van der Waals surface area contributed by atoms with Crippen LogP contribution in [0.5, 0.6) is 0 Å². The van der Waals surface area contributed by atoms with Gasteiger partial charge in [-0.15, -0.1) is 0 Å². The van der Waals surface area contributed by atoms with Crippen molar-refractivity contribution in [2.24, 2.45) is 0 Å². The second-order valence-electron chi connectivity index (χ2n) is 4.98. The minimum Gasteiger partial charge on any atom is -0.318 e. The molecule has 0 heterocycles. The summed E-state index contributed by atoms with van der Waals surface area (Å²) in [5.41, 5.74) is 1.14. The molecule has 0 fully saturated rings. The Balaban J connectivity index is 1.69. The number of fused-ring (bicyclic) bond motifs is 1. The van der Waals surface area contributed by atoms with Crippen molar-refractivity contribution in [1.82, 2.24) is 0 Å². The Hall–Kier alpha value is -2.66. The van der Waals surface area contributed by atoms with Gasteiger partial charge in [0.2, 0.25) is 0 Å². The lowest BCUT2D eigenvalue weighted by atomic mass is 10.1. The highest BCUT2D eigenvalue weighted by Crippen LogP contribution is 2.19. The molecule has 3 aromatic carbocycles. The fourth-order valence-electron chi connectivity index (χ4n) is 2.18. The summed E-state index contributed by atoms with van der Waals surface area (Å²) in [7, 11) is 0. The van der Waals surface area contributed by atoms with Gasteiger partial charge in [0.05, 0.1) is 0 Å². The summed E-state index contributed by atoms with van der Waals surface area (Å²) in [6, 6.07) is 20.3. The molecule has 0 bridgehead atoms. The summed E-state index contributed by atoms with van der Waals surface area (Å²) < 4.78 is 0.899. The van der Waals surface area contributed by atoms with Crippen LogP contribution in [0.15, 0.2) is 71.2 Å². The summed E-state index contributed by atoms with van der Waals surface area (Å²) in [5.74, 6) is -1.41. The Kier molecular flexibility index (Phi) is 4.39. The van der Waals surface area contributed by atoms with Crippen molar-refractivity contribution in [3.8, 4) is 0 Å². The standard InChI is InChI=1S/C18H13BrN2O2/c19-14-6-9-15(10-7-14)20-17(22)18(23)21-16-8-5-12-3-1-2-4-13(12)11-16/h1-11H,(H,20,22)(H,21,23). The lowest BCUT2D eigenvalue weighted by Gasteiger charge is -2.07.